The number of nitrogens with one attached hydrogen (secondary N) is 2. The van der Waals surface area contributed by atoms with Crippen LogP contribution in [0.15, 0.2) is 29.3 Å². The van der Waals surface area contributed by atoms with Crippen LogP contribution >= 0.6 is 24.0 Å². The fourth-order valence-electron chi connectivity index (χ4n) is 2.03. The van der Waals surface area contributed by atoms with Crippen LogP contribution in [-0.4, -0.2) is 31.2 Å². The van der Waals surface area contributed by atoms with Gasteiger partial charge in [0.25, 0.3) is 0 Å². The number of rotatable bonds is 6. The van der Waals surface area contributed by atoms with Gasteiger partial charge in [0, 0.05) is 12.6 Å². The number of hydrogen-bond donors (Lipinski definition) is 2. The smallest absolute Gasteiger partial charge is 0.191 e. The number of para-hydroxylation sites is 1. The summed E-state index contributed by atoms with van der Waals surface area (Å²) in [5.74, 6) is 1.44. The van der Waals surface area contributed by atoms with Gasteiger partial charge in [0.1, 0.15) is 6.10 Å². The zero-order valence-corrected chi connectivity index (χ0v) is 15.6. The normalized spacial score (nSPS) is 21.5. The molecule has 2 rings (SSSR count). The lowest BCUT2D eigenvalue weighted by molar-refractivity contribution is 0.220. The maximum Gasteiger partial charge on any atom is 0.191 e. The first-order valence-electron chi connectivity index (χ1n) is 7.56. The van der Waals surface area contributed by atoms with Crippen LogP contribution in [0.5, 0.6) is 5.75 Å². The third kappa shape index (κ3) is 5.98. The van der Waals surface area contributed by atoms with Gasteiger partial charge in [0.15, 0.2) is 17.5 Å². The zero-order valence-electron chi connectivity index (χ0n) is 13.3. The third-order valence-electron chi connectivity index (χ3n) is 3.45. The van der Waals surface area contributed by atoms with Crippen molar-refractivity contribution in [3.8, 4) is 5.75 Å². The minimum atomic E-state index is -0.342. The molecule has 6 heteroatoms. The Hall–Kier alpha value is -1.05. The number of benzene rings is 1. The zero-order chi connectivity index (χ0) is 15.2. The molecule has 2 N–H and O–H groups in total. The fourth-order valence-corrected chi connectivity index (χ4v) is 2.03. The summed E-state index contributed by atoms with van der Waals surface area (Å²) in [5.41, 5.74) is 0. The van der Waals surface area contributed by atoms with Crippen molar-refractivity contribution in [3.63, 3.8) is 0 Å². The van der Waals surface area contributed by atoms with Gasteiger partial charge in [0.05, 0.1) is 6.54 Å². The molecule has 1 aliphatic rings. The van der Waals surface area contributed by atoms with Gasteiger partial charge in [-0.2, -0.15) is 0 Å². The van der Waals surface area contributed by atoms with E-state index >= 15 is 0 Å². The summed E-state index contributed by atoms with van der Waals surface area (Å²) < 4.78 is 19.1. The molecular formula is C16H25FIN3O. The second-order valence-corrected chi connectivity index (χ2v) is 5.54. The van der Waals surface area contributed by atoms with Crippen LogP contribution in [0.25, 0.3) is 0 Å². The van der Waals surface area contributed by atoms with Crippen LogP contribution in [0.4, 0.5) is 4.39 Å². The van der Waals surface area contributed by atoms with E-state index in [0.29, 0.717) is 18.5 Å². The molecule has 1 fully saturated rings. The van der Waals surface area contributed by atoms with E-state index < -0.39 is 0 Å². The molecule has 0 bridgehead atoms. The Balaban J connectivity index is 0.00000242. The molecule has 0 saturated heterocycles. The number of hydrogen-bond acceptors (Lipinski definition) is 2. The van der Waals surface area contributed by atoms with Crippen LogP contribution < -0.4 is 15.4 Å². The van der Waals surface area contributed by atoms with E-state index in [1.165, 1.54) is 12.5 Å². The van der Waals surface area contributed by atoms with Crippen LogP contribution in [-0.2, 0) is 0 Å². The summed E-state index contributed by atoms with van der Waals surface area (Å²) in [7, 11) is 0. The summed E-state index contributed by atoms with van der Waals surface area (Å²) >= 11 is 0. The predicted octanol–water partition coefficient (Wildman–Crippen LogP) is 3.17. The van der Waals surface area contributed by atoms with E-state index in [0.717, 1.165) is 12.5 Å². The van der Waals surface area contributed by atoms with E-state index in [9.17, 15) is 4.39 Å². The molecule has 4 nitrogen and oxygen atoms in total. The van der Waals surface area contributed by atoms with Crippen LogP contribution in [0.1, 0.15) is 27.2 Å². The Morgan fingerprint density at radius 3 is 2.73 bits per heavy atom. The lowest BCUT2D eigenvalue weighted by atomic mass is 10.3. The van der Waals surface area contributed by atoms with E-state index in [4.69, 9.17) is 4.74 Å². The third-order valence-corrected chi connectivity index (χ3v) is 3.45. The number of guanidine groups is 1. The minimum absolute atomic E-state index is 0. The van der Waals surface area contributed by atoms with Crippen molar-refractivity contribution in [3.05, 3.63) is 30.1 Å². The molecule has 1 aliphatic carbocycles. The summed E-state index contributed by atoms with van der Waals surface area (Å²) in [6.07, 6.45) is 1.00. The highest BCUT2D eigenvalue weighted by atomic mass is 127. The molecule has 0 aliphatic heterocycles. The van der Waals surface area contributed by atoms with Crippen molar-refractivity contribution in [1.29, 1.82) is 0 Å². The first-order valence-corrected chi connectivity index (χ1v) is 7.56. The standard InChI is InChI=1S/C16H24FN3O.HI/c1-4-18-16(20-14-9-11(14)2)19-10-12(3)21-15-8-6-5-7-13(15)17;/h5-8,11-12,14H,4,9-10H2,1-3H3,(H2,18,19,20);1H. The molecule has 0 aromatic heterocycles. The van der Waals surface area contributed by atoms with Gasteiger partial charge in [-0.25, -0.2) is 9.38 Å². The van der Waals surface area contributed by atoms with Crippen molar-refractivity contribution in [2.45, 2.75) is 39.3 Å². The summed E-state index contributed by atoms with van der Waals surface area (Å²) in [5, 5.41) is 6.60. The number of nitrogens with zero attached hydrogens (tertiary/aromatic N) is 1. The largest absolute Gasteiger partial charge is 0.486 e. The molecule has 1 saturated carbocycles. The Kier molecular flexibility index (Phi) is 7.92. The van der Waals surface area contributed by atoms with E-state index in [2.05, 4.69) is 22.5 Å². The second-order valence-electron chi connectivity index (χ2n) is 5.54. The van der Waals surface area contributed by atoms with Crippen LogP contribution in [0, 0.1) is 11.7 Å². The molecule has 0 heterocycles. The highest BCUT2D eigenvalue weighted by Crippen LogP contribution is 2.28. The molecule has 22 heavy (non-hydrogen) atoms. The van der Waals surface area contributed by atoms with E-state index in [-0.39, 0.29) is 41.6 Å². The van der Waals surface area contributed by atoms with Crippen molar-refractivity contribution >= 4 is 29.9 Å². The average molecular weight is 421 g/mol. The van der Waals surface area contributed by atoms with Gasteiger partial charge in [-0.1, -0.05) is 19.1 Å². The Morgan fingerprint density at radius 1 is 1.45 bits per heavy atom. The maximum atomic E-state index is 13.5. The molecule has 0 radical (unpaired) electrons. The Bertz CT molecular complexity index is 498. The van der Waals surface area contributed by atoms with Gasteiger partial charge in [-0.3, -0.25) is 0 Å². The summed E-state index contributed by atoms with van der Waals surface area (Å²) in [6, 6.07) is 6.95. The number of aliphatic imine (C=N–C) groups is 1. The van der Waals surface area contributed by atoms with Crippen molar-refractivity contribution in [1.82, 2.24) is 10.6 Å². The number of ether oxygens (including phenoxy) is 1. The molecule has 3 unspecified atom stereocenters. The van der Waals surface area contributed by atoms with Gasteiger partial charge in [-0.05, 0) is 38.3 Å². The van der Waals surface area contributed by atoms with Crippen molar-refractivity contribution < 1.29 is 9.13 Å². The molecule has 1 aromatic rings. The van der Waals surface area contributed by atoms with Gasteiger partial charge in [-0.15, -0.1) is 24.0 Å². The van der Waals surface area contributed by atoms with Gasteiger partial charge < -0.3 is 15.4 Å². The van der Waals surface area contributed by atoms with Crippen LogP contribution in [0.3, 0.4) is 0 Å². The average Bonchev–Trinajstić information content (AvgIpc) is 3.14. The second kappa shape index (κ2) is 9.17. The lowest BCUT2D eigenvalue weighted by Gasteiger charge is -2.15. The molecule has 0 amide bonds. The Labute approximate surface area is 148 Å². The highest BCUT2D eigenvalue weighted by Gasteiger charge is 2.33. The fraction of sp³-hybridized carbons (Fsp3) is 0.562. The van der Waals surface area contributed by atoms with Crippen LogP contribution in [0.2, 0.25) is 0 Å². The molecule has 3 atom stereocenters. The first kappa shape index (κ1) is 19.0. The maximum absolute atomic E-state index is 13.5. The first-order chi connectivity index (χ1) is 10.1. The topological polar surface area (TPSA) is 45.7 Å². The van der Waals surface area contributed by atoms with E-state index in [1.54, 1.807) is 18.2 Å². The number of halogens is 2. The molecule has 0 spiro atoms. The highest BCUT2D eigenvalue weighted by molar-refractivity contribution is 14.0. The Morgan fingerprint density at radius 2 is 2.14 bits per heavy atom. The quantitative estimate of drug-likeness (QED) is 0.422. The predicted molar refractivity (Wildman–Crippen MR) is 98.6 cm³/mol. The summed E-state index contributed by atoms with van der Waals surface area (Å²) in [6.45, 7) is 7.43. The van der Waals surface area contributed by atoms with Gasteiger partial charge in [0.2, 0.25) is 0 Å². The lowest BCUT2D eigenvalue weighted by Crippen LogP contribution is -2.39. The molecule has 1 aromatic carbocycles. The minimum Gasteiger partial charge on any atom is -0.486 e. The van der Waals surface area contributed by atoms with Crippen molar-refractivity contribution in [2.75, 3.05) is 13.1 Å². The van der Waals surface area contributed by atoms with Crippen molar-refractivity contribution in [2.24, 2.45) is 10.9 Å². The van der Waals surface area contributed by atoms with E-state index in [1.807, 2.05) is 13.8 Å². The monoisotopic (exact) mass is 421 g/mol. The van der Waals surface area contributed by atoms with Gasteiger partial charge >= 0.3 is 0 Å². The molecule has 124 valence electrons. The summed E-state index contributed by atoms with van der Waals surface area (Å²) in [4.78, 5) is 4.50. The molecular weight excluding hydrogens is 396 g/mol. The SMILES string of the molecule is CCNC(=NCC(C)Oc1ccccc1F)NC1CC1C.I.